The molecule has 0 heterocycles. The molecule has 0 fully saturated rings. The van der Waals surface area contributed by atoms with Gasteiger partial charge in [0.25, 0.3) is 0 Å². The molecule has 4 aromatic rings. The number of hydrogen-bond acceptors (Lipinski definition) is 4. The molecule has 0 aromatic heterocycles. The van der Waals surface area contributed by atoms with Crippen LogP contribution in [-0.4, -0.2) is 11.9 Å². The molecule has 126 valence electrons. The summed E-state index contributed by atoms with van der Waals surface area (Å²) in [4.78, 5) is 23.6. The normalized spacial score (nSPS) is 10.1. The van der Waals surface area contributed by atoms with Crippen LogP contribution in [0.25, 0.3) is 32.7 Å². The largest absolute Gasteiger partial charge is 1.00 e. The number of carbonyl (C=O) groups excluding carboxylic acids is 2. The van der Waals surface area contributed by atoms with Crippen molar-refractivity contribution >= 4 is 33.5 Å². The Labute approximate surface area is 205 Å². The number of carboxylic acid groups (broad SMARTS) is 2. The Morgan fingerprint density at radius 1 is 0.536 bits per heavy atom. The van der Waals surface area contributed by atoms with Gasteiger partial charge < -0.3 is 19.8 Å². The Morgan fingerprint density at radius 3 is 1.25 bits per heavy atom. The smallest absolute Gasteiger partial charge is 0.545 e. The van der Waals surface area contributed by atoms with Gasteiger partial charge >= 0.3 is 59.1 Å². The van der Waals surface area contributed by atoms with Crippen LogP contribution in [0, 0.1) is 0 Å². The Kier molecular flexibility index (Phi) is 7.46. The first-order valence-electron chi connectivity index (χ1n) is 8.04. The average Bonchev–Trinajstić information content (AvgIpc) is 2.66. The van der Waals surface area contributed by atoms with Gasteiger partial charge in [-0.2, -0.15) is 0 Å². The van der Waals surface area contributed by atoms with Crippen LogP contribution in [0.5, 0.6) is 0 Å². The molecule has 0 bridgehead atoms. The molecule has 0 amide bonds. The number of carboxylic acids is 2. The summed E-state index contributed by atoms with van der Waals surface area (Å²) < 4.78 is 0. The van der Waals surface area contributed by atoms with Crippen molar-refractivity contribution < 1.29 is 78.9 Å². The van der Waals surface area contributed by atoms with E-state index in [1.807, 2.05) is 24.3 Å². The molecule has 4 aromatic carbocycles. The summed E-state index contributed by atoms with van der Waals surface area (Å²) in [5, 5.41) is 26.5. The molecule has 28 heavy (non-hydrogen) atoms. The average molecular weight is 386 g/mol. The van der Waals surface area contributed by atoms with Gasteiger partial charge in [-0.15, -0.1) is 0 Å². The summed E-state index contributed by atoms with van der Waals surface area (Å²) >= 11 is 0. The Hall–Kier alpha value is -1.66. The molecular formula is C22H12Na2O4. The van der Waals surface area contributed by atoms with E-state index in [4.69, 9.17) is 0 Å². The van der Waals surface area contributed by atoms with Gasteiger partial charge in [0.2, 0.25) is 0 Å². The number of fused-ring (bicyclic) bond motifs is 2. The van der Waals surface area contributed by atoms with Crippen LogP contribution >= 0.6 is 0 Å². The van der Waals surface area contributed by atoms with Crippen LogP contribution in [0.1, 0.15) is 20.7 Å². The number of carbonyl (C=O) groups is 2. The molecule has 0 unspecified atom stereocenters. The van der Waals surface area contributed by atoms with Crippen LogP contribution in [-0.2, 0) is 0 Å². The van der Waals surface area contributed by atoms with Gasteiger partial charge in [0.1, 0.15) is 0 Å². The van der Waals surface area contributed by atoms with Crippen LogP contribution in [0.3, 0.4) is 0 Å². The van der Waals surface area contributed by atoms with E-state index < -0.39 is 11.9 Å². The minimum Gasteiger partial charge on any atom is -0.545 e. The Balaban J connectivity index is 0.00000140. The second kappa shape index (κ2) is 9.23. The van der Waals surface area contributed by atoms with Crippen molar-refractivity contribution in [3.8, 4) is 11.1 Å². The molecule has 4 rings (SSSR count). The third-order valence-electron chi connectivity index (χ3n) is 4.55. The summed E-state index contributed by atoms with van der Waals surface area (Å²) in [7, 11) is 0. The van der Waals surface area contributed by atoms with Crippen LogP contribution in [0.2, 0.25) is 0 Å². The molecular weight excluding hydrogens is 374 g/mol. The monoisotopic (exact) mass is 386 g/mol. The fourth-order valence-electron chi connectivity index (χ4n) is 3.42. The first-order chi connectivity index (χ1) is 12.6. The first kappa shape index (κ1) is 22.6. The summed E-state index contributed by atoms with van der Waals surface area (Å²) in [6.07, 6.45) is 0. The van der Waals surface area contributed by atoms with Crippen molar-refractivity contribution in [2.75, 3.05) is 0 Å². The fraction of sp³-hybridized carbons (Fsp3) is 0. The second-order valence-corrected chi connectivity index (χ2v) is 5.99. The van der Waals surface area contributed by atoms with Crippen molar-refractivity contribution in [2.45, 2.75) is 0 Å². The second-order valence-electron chi connectivity index (χ2n) is 5.99. The molecule has 0 radical (unpaired) electrons. The van der Waals surface area contributed by atoms with Gasteiger partial charge in [0.05, 0.1) is 11.9 Å². The molecule has 0 saturated heterocycles. The van der Waals surface area contributed by atoms with Crippen molar-refractivity contribution in [3.05, 3.63) is 83.9 Å². The first-order valence-corrected chi connectivity index (χ1v) is 8.04. The van der Waals surface area contributed by atoms with Crippen LogP contribution < -0.4 is 69.3 Å². The maximum Gasteiger partial charge on any atom is 1.00 e. The third-order valence-corrected chi connectivity index (χ3v) is 4.55. The standard InChI is InChI=1S/C22H14O4.2Na/c23-21(24)17-11-9-13-5-1-3-7-15(13)19(17)20-16-8-4-2-6-14(16)10-12-18(20)22(25)26;;/h1-12H,(H,23,24)(H,25,26);;/q;2*+1/p-2. The minimum absolute atomic E-state index is 0. The van der Waals surface area contributed by atoms with E-state index in [1.54, 1.807) is 36.4 Å². The van der Waals surface area contributed by atoms with Crippen LogP contribution in [0.15, 0.2) is 72.8 Å². The SMILES string of the molecule is O=C([O-])c1ccc2ccccc2c1-c1c(C(=O)[O-])ccc2ccccc12.[Na+].[Na+]. The fourth-order valence-corrected chi connectivity index (χ4v) is 3.42. The molecule has 0 atom stereocenters. The van der Waals surface area contributed by atoms with Gasteiger partial charge in [-0.1, -0.05) is 72.8 Å². The number of hydrogen-bond donors (Lipinski definition) is 0. The van der Waals surface area contributed by atoms with Gasteiger partial charge in [-0.05, 0) is 32.7 Å². The maximum absolute atomic E-state index is 11.8. The number of aromatic carboxylic acids is 2. The van der Waals surface area contributed by atoms with E-state index in [9.17, 15) is 19.8 Å². The van der Waals surface area contributed by atoms with Gasteiger partial charge in [0, 0.05) is 11.1 Å². The number of rotatable bonds is 3. The molecule has 0 N–H and O–H groups in total. The number of benzene rings is 4. The van der Waals surface area contributed by atoms with E-state index in [-0.39, 0.29) is 70.2 Å². The summed E-state index contributed by atoms with van der Waals surface area (Å²) in [5.74, 6) is -2.72. The van der Waals surface area contributed by atoms with Crippen LogP contribution in [0.4, 0.5) is 0 Å². The van der Waals surface area contributed by atoms with E-state index in [0.29, 0.717) is 21.9 Å². The molecule has 0 aliphatic heterocycles. The zero-order chi connectivity index (χ0) is 18.3. The maximum atomic E-state index is 11.8. The van der Waals surface area contributed by atoms with Gasteiger partial charge in [0.15, 0.2) is 0 Å². The van der Waals surface area contributed by atoms with Gasteiger partial charge in [-0.25, -0.2) is 0 Å². The van der Waals surface area contributed by atoms with Gasteiger partial charge in [-0.3, -0.25) is 0 Å². The predicted molar refractivity (Wildman–Crippen MR) is 95.6 cm³/mol. The van der Waals surface area contributed by atoms with Crippen molar-refractivity contribution in [2.24, 2.45) is 0 Å². The van der Waals surface area contributed by atoms with E-state index >= 15 is 0 Å². The van der Waals surface area contributed by atoms with Crippen molar-refractivity contribution in [1.82, 2.24) is 0 Å². The zero-order valence-corrected chi connectivity index (χ0v) is 19.6. The topological polar surface area (TPSA) is 80.3 Å². The summed E-state index contributed by atoms with van der Waals surface area (Å²) in [6, 6.07) is 20.8. The summed E-state index contributed by atoms with van der Waals surface area (Å²) in [5.41, 5.74) is 0.559. The Bertz CT molecular complexity index is 1110. The van der Waals surface area contributed by atoms with E-state index in [0.717, 1.165) is 10.8 Å². The minimum atomic E-state index is -1.36. The predicted octanol–water partition coefficient (Wildman–Crippen LogP) is -3.60. The molecule has 0 aliphatic rings. The van der Waals surface area contributed by atoms with Crippen molar-refractivity contribution in [1.29, 1.82) is 0 Å². The van der Waals surface area contributed by atoms with Crippen molar-refractivity contribution in [3.63, 3.8) is 0 Å². The molecule has 6 heteroatoms. The summed E-state index contributed by atoms with van der Waals surface area (Å²) in [6.45, 7) is 0. The van der Waals surface area contributed by atoms with E-state index in [2.05, 4.69) is 0 Å². The van der Waals surface area contributed by atoms with E-state index in [1.165, 1.54) is 12.1 Å². The quantitative estimate of drug-likeness (QED) is 0.341. The molecule has 0 spiro atoms. The molecule has 4 nitrogen and oxygen atoms in total. The Morgan fingerprint density at radius 2 is 0.893 bits per heavy atom. The molecule has 0 saturated carbocycles. The molecule has 0 aliphatic carbocycles. The third kappa shape index (κ3) is 3.90. The zero-order valence-electron chi connectivity index (χ0n) is 15.6.